The summed E-state index contributed by atoms with van der Waals surface area (Å²) in [4.78, 5) is 43.3. The summed E-state index contributed by atoms with van der Waals surface area (Å²) in [5, 5.41) is 16.7. The maximum atomic E-state index is 12.8. The summed E-state index contributed by atoms with van der Waals surface area (Å²) in [6.45, 7) is 1.35. The average Bonchev–Trinajstić information content (AvgIpc) is 2.85. The third kappa shape index (κ3) is 5.46. The number of anilines is 1. The van der Waals surface area contributed by atoms with E-state index in [1.807, 2.05) is 6.07 Å². The Bertz CT molecular complexity index is 1330. The van der Waals surface area contributed by atoms with Crippen LogP contribution < -0.4 is 10.9 Å². The monoisotopic (exact) mass is 478 g/mol. The van der Waals surface area contributed by atoms with Crippen molar-refractivity contribution in [3.05, 3.63) is 75.2 Å². The van der Waals surface area contributed by atoms with Crippen molar-refractivity contribution in [3.63, 3.8) is 0 Å². The lowest BCUT2D eigenvalue weighted by Gasteiger charge is -2.27. The van der Waals surface area contributed by atoms with Crippen molar-refractivity contribution in [2.45, 2.75) is 6.54 Å². The van der Waals surface area contributed by atoms with Gasteiger partial charge in [-0.3, -0.25) is 14.4 Å². The molecule has 1 N–H and O–H groups in total. The number of halogens is 1. The van der Waals surface area contributed by atoms with E-state index in [0.29, 0.717) is 37.0 Å². The number of ether oxygens (including phenoxy) is 1. The molecule has 0 spiro atoms. The molecular formula is C23H19ClN6O4. The van der Waals surface area contributed by atoms with Gasteiger partial charge in [-0.05, 0) is 30.3 Å². The van der Waals surface area contributed by atoms with E-state index in [4.69, 9.17) is 16.3 Å². The fraction of sp³-hybridized carbons (Fsp3) is 0.217. The highest BCUT2D eigenvalue weighted by Crippen LogP contribution is 2.18. The number of nitriles is 1. The quantitative estimate of drug-likeness (QED) is 0.593. The van der Waals surface area contributed by atoms with Crippen LogP contribution in [0.15, 0.2) is 53.3 Å². The van der Waals surface area contributed by atoms with Gasteiger partial charge in [0, 0.05) is 35.3 Å². The lowest BCUT2D eigenvalue weighted by atomic mass is 10.1. The van der Waals surface area contributed by atoms with Crippen molar-refractivity contribution in [3.8, 4) is 17.3 Å². The predicted octanol–water partition coefficient (Wildman–Crippen LogP) is 1.94. The standard InChI is InChI=1S/C23H19ClN6O4/c24-17-3-1-15(2-4-17)19-5-6-22(32)30(28-19)14-21(31)27-20-12-16(11-18(13-25)26-20)23(33)29-7-9-34-10-8-29/h1-6,11-12H,7-10,14H2,(H,26,27,31). The Balaban J connectivity index is 1.52. The molecule has 2 amide bonds. The van der Waals surface area contributed by atoms with Gasteiger partial charge in [0.05, 0.1) is 18.9 Å². The van der Waals surface area contributed by atoms with Crippen molar-refractivity contribution in [1.82, 2.24) is 19.7 Å². The fourth-order valence-electron chi connectivity index (χ4n) is 3.38. The van der Waals surface area contributed by atoms with Crippen molar-refractivity contribution >= 4 is 29.2 Å². The van der Waals surface area contributed by atoms with Crippen molar-refractivity contribution in [2.24, 2.45) is 0 Å². The summed E-state index contributed by atoms with van der Waals surface area (Å²) in [6.07, 6.45) is 0. The predicted molar refractivity (Wildman–Crippen MR) is 123 cm³/mol. The Labute approximate surface area is 199 Å². The highest BCUT2D eigenvalue weighted by Gasteiger charge is 2.20. The van der Waals surface area contributed by atoms with Gasteiger partial charge in [0.25, 0.3) is 11.5 Å². The second-order valence-corrected chi connectivity index (χ2v) is 7.85. The molecule has 2 aromatic heterocycles. The topological polar surface area (TPSA) is 130 Å². The third-order valence-electron chi connectivity index (χ3n) is 5.05. The number of carbonyl (C=O) groups is 2. The maximum absolute atomic E-state index is 12.8. The van der Waals surface area contributed by atoms with Crippen LogP contribution in [0.5, 0.6) is 0 Å². The van der Waals surface area contributed by atoms with Gasteiger partial charge in [-0.25, -0.2) is 9.67 Å². The zero-order valence-corrected chi connectivity index (χ0v) is 18.7. The SMILES string of the molecule is N#Cc1cc(C(=O)N2CCOCC2)cc(NC(=O)Cn2nc(-c3ccc(Cl)cc3)ccc2=O)n1. The second kappa shape index (κ2) is 10.2. The second-order valence-electron chi connectivity index (χ2n) is 7.41. The Morgan fingerprint density at radius 3 is 2.56 bits per heavy atom. The van der Waals surface area contributed by atoms with E-state index in [9.17, 15) is 19.6 Å². The molecule has 172 valence electrons. The van der Waals surface area contributed by atoms with E-state index in [0.717, 1.165) is 10.2 Å². The van der Waals surface area contributed by atoms with Crippen LogP contribution in [0.25, 0.3) is 11.3 Å². The van der Waals surface area contributed by atoms with E-state index in [1.165, 1.54) is 18.2 Å². The Morgan fingerprint density at radius 2 is 1.85 bits per heavy atom. The fourth-order valence-corrected chi connectivity index (χ4v) is 3.51. The Hall–Kier alpha value is -4.07. The third-order valence-corrected chi connectivity index (χ3v) is 5.30. The first-order valence-corrected chi connectivity index (χ1v) is 10.7. The molecule has 0 aliphatic carbocycles. The smallest absolute Gasteiger partial charge is 0.267 e. The molecule has 0 bridgehead atoms. The summed E-state index contributed by atoms with van der Waals surface area (Å²) in [5.74, 6) is -0.843. The van der Waals surface area contributed by atoms with Crippen molar-refractivity contribution < 1.29 is 14.3 Å². The van der Waals surface area contributed by atoms with Crippen LogP contribution in [0.4, 0.5) is 5.82 Å². The molecule has 3 aromatic rings. The Morgan fingerprint density at radius 1 is 1.12 bits per heavy atom. The van der Waals surface area contributed by atoms with Gasteiger partial charge >= 0.3 is 0 Å². The van der Waals surface area contributed by atoms with Crippen molar-refractivity contribution in [1.29, 1.82) is 5.26 Å². The number of nitrogens with one attached hydrogen (secondary N) is 1. The zero-order chi connectivity index (χ0) is 24.1. The molecule has 11 heteroatoms. The van der Waals surface area contributed by atoms with Crippen LogP contribution in [-0.4, -0.2) is 57.8 Å². The molecule has 1 saturated heterocycles. The molecule has 34 heavy (non-hydrogen) atoms. The van der Waals surface area contributed by atoms with Crippen LogP contribution in [0, 0.1) is 11.3 Å². The number of morpholine rings is 1. The minimum atomic E-state index is -0.588. The molecular weight excluding hydrogens is 460 g/mol. The number of nitrogens with zero attached hydrogens (tertiary/aromatic N) is 5. The molecule has 3 heterocycles. The molecule has 1 aliphatic heterocycles. The lowest BCUT2D eigenvalue weighted by Crippen LogP contribution is -2.40. The van der Waals surface area contributed by atoms with Crippen LogP contribution in [-0.2, 0) is 16.1 Å². The highest BCUT2D eigenvalue weighted by molar-refractivity contribution is 6.30. The molecule has 0 unspecified atom stereocenters. The molecule has 0 saturated carbocycles. The van der Waals surface area contributed by atoms with Crippen LogP contribution in [0.2, 0.25) is 5.02 Å². The number of aromatic nitrogens is 3. The first-order valence-electron chi connectivity index (χ1n) is 10.4. The van der Waals surface area contributed by atoms with Crippen LogP contribution in [0.3, 0.4) is 0 Å². The van der Waals surface area contributed by atoms with Gasteiger partial charge in [0.2, 0.25) is 5.91 Å². The molecule has 10 nitrogen and oxygen atoms in total. The van der Waals surface area contributed by atoms with E-state index in [-0.39, 0.29) is 29.5 Å². The number of amides is 2. The normalized spacial score (nSPS) is 13.2. The minimum Gasteiger partial charge on any atom is -0.378 e. The van der Waals surface area contributed by atoms with Gasteiger partial charge in [-0.1, -0.05) is 23.7 Å². The summed E-state index contributed by atoms with van der Waals surface area (Å²) in [7, 11) is 0. The number of pyridine rings is 1. The van der Waals surface area contributed by atoms with Gasteiger partial charge in [-0.15, -0.1) is 0 Å². The minimum absolute atomic E-state index is 0.0190. The van der Waals surface area contributed by atoms with Gasteiger partial charge in [-0.2, -0.15) is 10.4 Å². The summed E-state index contributed by atoms with van der Waals surface area (Å²) in [5.41, 5.74) is 0.966. The number of rotatable bonds is 5. The average molecular weight is 479 g/mol. The summed E-state index contributed by atoms with van der Waals surface area (Å²) >= 11 is 5.91. The highest BCUT2D eigenvalue weighted by atomic mass is 35.5. The largest absolute Gasteiger partial charge is 0.378 e. The first kappa shape index (κ1) is 23.1. The molecule has 1 fully saturated rings. The van der Waals surface area contributed by atoms with E-state index >= 15 is 0 Å². The zero-order valence-electron chi connectivity index (χ0n) is 17.9. The first-order chi connectivity index (χ1) is 16.4. The molecule has 4 rings (SSSR count). The molecule has 0 radical (unpaired) electrons. The van der Waals surface area contributed by atoms with Crippen LogP contribution in [0.1, 0.15) is 16.1 Å². The number of hydrogen-bond acceptors (Lipinski definition) is 7. The van der Waals surface area contributed by atoms with Crippen molar-refractivity contribution in [2.75, 3.05) is 31.6 Å². The summed E-state index contributed by atoms with van der Waals surface area (Å²) in [6, 6.07) is 14.4. The van der Waals surface area contributed by atoms with E-state index in [1.54, 1.807) is 35.2 Å². The van der Waals surface area contributed by atoms with Gasteiger partial charge in [0.15, 0.2) is 0 Å². The molecule has 1 aliphatic rings. The van der Waals surface area contributed by atoms with Gasteiger partial charge < -0.3 is 15.0 Å². The van der Waals surface area contributed by atoms with Gasteiger partial charge in [0.1, 0.15) is 24.1 Å². The number of benzene rings is 1. The summed E-state index contributed by atoms with van der Waals surface area (Å²) < 4.78 is 6.28. The maximum Gasteiger partial charge on any atom is 0.267 e. The number of hydrogen-bond donors (Lipinski definition) is 1. The van der Waals surface area contributed by atoms with Crippen LogP contribution >= 0.6 is 11.6 Å². The van der Waals surface area contributed by atoms with E-state index < -0.39 is 11.5 Å². The van der Waals surface area contributed by atoms with E-state index in [2.05, 4.69) is 15.4 Å². The lowest BCUT2D eigenvalue weighted by molar-refractivity contribution is -0.117. The Kier molecular flexibility index (Phi) is 6.96. The molecule has 1 aromatic carbocycles. The number of carbonyl (C=O) groups excluding carboxylic acids is 2. The molecule has 0 atom stereocenters.